The third-order valence-electron chi connectivity index (χ3n) is 3.98. The highest BCUT2D eigenvalue weighted by molar-refractivity contribution is 7.09. The molecule has 4 nitrogen and oxygen atoms in total. The third-order valence-corrected chi connectivity index (χ3v) is 4.92. The van der Waals surface area contributed by atoms with Gasteiger partial charge in [0.25, 0.3) is 0 Å². The van der Waals surface area contributed by atoms with Crippen molar-refractivity contribution in [2.45, 2.75) is 32.2 Å². The van der Waals surface area contributed by atoms with E-state index in [4.69, 9.17) is 0 Å². The van der Waals surface area contributed by atoms with Gasteiger partial charge >= 0.3 is 0 Å². The highest BCUT2D eigenvalue weighted by Crippen LogP contribution is 2.16. The highest BCUT2D eigenvalue weighted by Gasteiger charge is 2.10. The SMILES string of the molecule is CC(NC(=O)CCCc1cccs1)c1ccc(-n2ccnc2)cc1. The minimum atomic E-state index is 0.0103. The predicted molar refractivity (Wildman–Crippen MR) is 97.4 cm³/mol. The first kappa shape index (κ1) is 16.5. The van der Waals surface area contributed by atoms with Gasteiger partial charge in [0.1, 0.15) is 0 Å². The fourth-order valence-corrected chi connectivity index (χ4v) is 3.37. The van der Waals surface area contributed by atoms with E-state index in [0.29, 0.717) is 6.42 Å². The lowest BCUT2D eigenvalue weighted by molar-refractivity contribution is -0.121. The molecule has 0 fully saturated rings. The molecule has 0 saturated carbocycles. The molecule has 0 saturated heterocycles. The molecule has 1 atom stereocenters. The lowest BCUT2D eigenvalue weighted by Gasteiger charge is -2.15. The molecule has 24 heavy (non-hydrogen) atoms. The van der Waals surface area contributed by atoms with Crippen LogP contribution in [0.5, 0.6) is 0 Å². The fraction of sp³-hybridized carbons (Fsp3) is 0.263. The Labute approximate surface area is 146 Å². The number of thiophene rings is 1. The number of hydrogen-bond acceptors (Lipinski definition) is 3. The van der Waals surface area contributed by atoms with Crippen molar-refractivity contribution in [1.82, 2.24) is 14.9 Å². The summed E-state index contributed by atoms with van der Waals surface area (Å²) in [5.74, 6) is 0.109. The number of carbonyl (C=O) groups is 1. The van der Waals surface area contributed by atoms with Crippen molar-refractivity contribution in [1.29, 1.82) is 0 Å². The van der Waals surface area contributed by atoms with Crippen LogP contribution in [0.3, 0.4) is 0 Å². The molecule has 3 aromatic rings. The lowest BCUT2D eigenvalue weighted by Crippen LogP contribution is -2.26. The summed E-state index contributed by atoms with van der Waals surface area (Å²) in [4.78, 5) is 17.5. The maximum Gasteiger partial charge on any atom is 0.220 e. The van der Waals surface area contributed by atoms with E-state index in [9.17, 15) is 4.79 Å². The van der Waals surface area contributed by atoms with Gasteiger partial charge in [-0.15, -0.1) is 11.3 Å². The second-order valence-electron chi connectivity index (χ2n) is 5.78. The Morgan fingerprint density at radius 1 is 1.29 bits per heavy atom. The second kappa shape index (κ2) is 7.93. The Balaban J connectivity index is 1.48. The molecule has 2 heterocycles. The largest absolute Gasteiger partial charge is 0.350 e. The maximum absolute atomic E-state index is 12.1. The zero-order valence-corrected chi connectivity index (χ0v) is 14.5. The van der Waals surface area contributed by atoms with E-state index < -0.39 is 0 Å². The summed E-state index contributed by atoms with van der Waals surface area (Å²) in [7, 11) is 0. The minimum Gasteiger partial charge on any atom is -0.350 e. The van der Waals surface area contributed by atoms with Gasteiger partial charge in [-0.2, -0.15) is 0 Å². The average Bonchev–Trinajstić information content (AvgIpc) is 3.29. The van der Waals surface area contributed by atoms with Crippen molar-refractivity contribution in [2.75, 3.05) is 0 Å². The lowest BCUT2D eigenvalue weighted by atomic mass is 10.1. The number of amides is 1. The van der Waals surface area contributed by atoms with Crippen LogP contribution >= 0.6 is 11.3 Å². The van der Waals surface area contributed by atoms with Crippen LogP contribution in [0, 0.1) is 0 Å². The van der Waals surface area contributed by atoms with E-state index in [0.717, 1.165) is 24.1 Å². The molecule has 0 bridgehead atoms. The van der Waals surface area contributed by atoms with E-state index in [2.05, 4.69) is 27.8 Å². The van der Waals surface area contributed by atoms with Gasteiger partial charge in [-0.1, -0.05) is 18.2 Å². The molecular formula is C19H21N3OS. The number of aromatic nitrogens is 2. The minimum absolute atomic E-state index is 0.0103. The molecule has 1 N–H and O–H groups in total. The Bertz CT molecular complexity index is 749. The molecule has 0 aliphatic rings. The van der Waals surface area contributed by atoms with Crippen LogP contribution in [0.4, 0.5) is 0 Å². The molecule has 124 valence electrons. The average molecular weight is 339 g/mol. The van der Waals surface area contributed by atoms with Gasteiger partial charge in [0.05, 0.1) is 12.4 Å². The van der Waals surface area contributed by atoms with E-state index in [-0.39, 0.29) is 11.9 Å². The molecular weight excluding hydrogens is 318 g/mol. The van der Waals surface area contributed by atoms with E-state index in [1.807, 2.05) is 42.0 Å². The van der Waals surface area contributed by atoms with E-state index in [1.54, 1.807) is 23.9 Å². The van der Waals surface area contributed by atoms with Crippen LogP contribution in [0.15, 0.2) is 60.5 Å². The van der Waals surface area contributed by atoms with Gasteiger partial charge in [-0.05, 0) is 48.9 Å². The molecule has 0 aliphatic carbocycles. The molecule has 1 unspecified atom stereocenters. The predicted octanol–water partition coefficient (Wildman–Crippen LogP) is 4.13. The number of hydrogen-bond donors (Lipinski definition) is 1. The van der Waals surface area contributed by atoms with Gasteiger partial charge in [0, 0.05) is 29.4 Å². The zero-order chi connectivity index (χ0) is 16.8. The Morgan fingerprint density at radius 2 is 2.12 bits per heavy atom. The molecule has 3 rings (SSSR count). The van der Waals surface area contributed by atoms with Crippen LogP contribution in [-0.4, -0.2) is 15.5 Å². The van der Waals surface area contributed by atoms with Gasteiger partial charge in [-0.3, -0.25) is 4.79 Å². The molecule has 0 aliphatic heterocycles. The molecule has 5 heteroatoms. The molecule has 1 amide bonds. The van der Waals surface area contributed by atoms with Crippen LogP contribution < -0.4 is 5.32 Å². The van der Waals surface area contributed by atoms with Gasteiger partial charge in [-0.25, -0.2) is 4.98 Å². The summed E-state index contributed by atoms with van der Waals surface area (Å²) < 4.78 is 1.96. The first-order valence-corrected chi connectivity index (χ1v) is 9.00. The Morgan fingerprint density at radius 3 is 2.79 bits per heavy atom. The quantitative estimate of drug-likeness (QED) is 0.703. The number of imidazole rings is 1. The van der Waals surface area contributed by atoms with Crippen LogP contribution in [0.25, 0.3) is 5.69 Å². The van der Waals surface area contributed by atoms with Crippen molar-refractivity contribution in [3.8, 4) is 5.69 Å². The number of benzene rings is 1. The van der Waals surface area contributed by atoms with Gasteiger partial charge < -0.3 is 9.88 Å². The molecule has 1 aromatic carbocycles. The maximum atomic E-state index is 12.1. The topological polar surface area (TPSA) is 46.9 Å². The van der Waals surface area contributed by atoms with Gasteiger partial charge in [0.15, 0.2) is 0 Å². The van der Waals surface area contributed by atoms with Crippen LogP contribution in [-0.2, 0) is 11.2 Å². The molecule has 2 aromatic heterocycles. The normalized spacial score (nSPS) is 12.0. The fourth-order valence-electron chi connectivity index (χ4n) is 2.62. The number of rotatable bonds is 7. The summed E-state index contributed by atoms with van der Waals surface area (Å²) in [6, 6.07) is 12.4. The first-order chi connectivity index (χ1) is 11.7. The first-order valence-electron chi connectivity index (χ1n) is 8.12. The standard InChI is InChI=1S/C19H21N3OS/c1-15(21-19(23)6-2-4-18-5-3-13-24-18)16-7-9-17(10-8-16)22-12-11-20-14-22/h3,5,7-15H,2,4,6H2,1H3,(H,21,23). The summed E-state index contributed by atoms with van der Waals surface area (Å²) in [5.41, 5.74) is 2.16. The van der Waals surface area contributed by atoms with Crippen LogP contribution in [0.2, 0.25) is 0 Å². The molecule has 0 radical (unpaired) electrons. The zero-order valence-electron chi connectivity index (χ0n) is 13.7. The van der Waals surface area contributed by atoms with Crippen molar-refractivity contribution in [2.24, 2.45) is 0 Å². The van der Waals surface area contributed by atoms with Crippen molar-refractivity contribution >= 4 is 17.2 Å². The van der Waals surface area contributed by atoms with Crippen molar-refractivity contribution in [3.63, 3.8) is 0 Å². The van der Waals surface area contributed by atoms with Crippen molar-refractivity contribution < 1.29 is 4.79 Å². The number of aryl methyl sites for hydroxylation is 1. The molecule has 0 spiro atoms. The summed E-state index contributed by atoms with van der Waals surface area (Å²) in [6.07, 6.45) is 7.86. The van der Waals surface area contributed by atoms with Crippen LogP contribution in [0.1, 0.15) is 36.2 Å². The summed E-state index contributed by atoms with van der Waals surface area (Å²) >= 11 is 1.75. The number of nitrogens with one attached hydrogen (secondary N) is 1. The van der Waals surface area contributed by atoms with Crippen molar-refractivity contribution in [3.05, 3.63) is 70.9 Å². The Hall–Kier alpha value is -2.40. The van der Waals surface area contributed by atoms with E-state index >= 15 is 0 Å². The third kappa shape index (κ3) is 4.32. The Kier molecular flexibility index (Phi) is 5.43. The monoisotopic (exact) mass is 339 g/mol. The number of carbonyl (C=O) groups excluding carboxylic acids is 1. The summed E-state index contributed by atoms with van der Waals surface area (Å²) in [6.45, 7) is 2.02. The second-order valence-corrected chi connectivity index (χ2v) is 6.82. The highest BCUT2D eigenvalue weighted by atomic mass is 32.1. The van der Waals surface area contributed by atoms with Gasteiger partial charge in [0.2, 0.25) is 5.91 Å². The summed E-state index contributed by atoms with van der Waals surface area (Å²) in [5, 5.41) is 5.15. The van der Waals surface area contributed by atoms with E-state index in [1.165, 1.54) is 4.88 Å². The number of nitrogens with zero attached hydrogens (tertiary/aromatic N) is 2. The smallest absolute Gasteiger partial charge is 0.220 e.